The van der Waals surface area contributed by atoms with Gasteiger partial charge in [-0.15, -0.1) is 0 Å². The second-order valence-electron chi connectivity index (χ2n) is 10.8. The molecule has 3 rings (SSSR count). The van der Waals surface area contributed by atoms with Gasteiger partial charge >= 0.3 is 0 Å². The Bertz CT molecular complexity index is 1460. The van der Waals surface area contributed by atoms with Crippen LogP contribution in [0, 0.1) is 17.0 Å². The van der Waals surface area contributed by atoms with Crippen molar-refractivity contribution in [2.75, 3.05) is 6.54 Å². The van der Waals surface area contributed by atoms with E-state index in [9.17, 15) is 32.8 Å². The standard InChI is InChI=1S/C29H33F2N5O5/c1-16(26(39)33-13-17-9-10-18(30)11-21(17)31)35-27(40)23(12-24(37)34-15-29(2,3)4)36-28(41)25(38)20-14-32-22-8-6-5-7-19(20)22/h5-11,14,16,23,32H,12-13,15H2,1-4H3,(H,33,39)(H,34,37)(H,35,40)(H,36,41)/t16-,23-/m0/s1. The van der Waals surface area contributed by atoms with Gasteiger partial charge in [-0.05, 0) is 24.5 Å². The summed E-state index contributed by atoms with van der Waals surface area (Å²) < 4.78 is 27.0. The summed E-state index contributed by atoms with van der Waals surface area (Å²) in [6.07, 6.45) is 0.887. The van der Waals surface area contributed by atoms with Gasteiger partial charge in [-0.2, -0.15) is 0 Å². The van der Waals surface area contributed by atoms with Gasteiger partial charge < -0.3 is 26.3 Å². The molecule has 4 amide bonds. The lowest BCUT2D eigenvalue weighted by molar-refractivity contribution is -0.133. The van der Waals surface area contributed by atoms with Crippen LogP contribution < -0.4 is 21.3 Å². The first-order chi connectivity index (χ1) is 19.2. The molecule has 3 aromatic rings. The Morgan fingerprint density at radius 3 is 2.32 bits per heavy atom. The molecule has 2 atom stereocenters. The molecule has 0 unspecified atom stereocenters. The van der Waals surface area contributed by atoms with E-state index < -0.39 is 59.6 Å². The summed E-state index contributed by atoms with van der Waals surface area (Å²) in [7, 11) is 0. The highest BCUT2D eigenvalue weighted by atomic mass is 19.1. The first-order valence-corrected chi connectivity index (χ1v) is 12.9. The predicted molar refractivity (Wildman–Crippen MR) is 147 cm³/mol. The number of ketones is 1. The zero-order valence-corrected chi connectivity index (χ0v) is 23.2. The van der Waals surface area contributed by atoms with E-state index in [0.717, 1.165) is 6.07 Å². The molecule has 5 N–H and O–H groups in total. The average molecular weight is 570 g/mol. The molecule has 218 valence electrons. The van der Waals surface area contributed by atoms with E-state index in [4.69, 9.17) is 0 Å². The zero-order valence-electron chi connectivity index (χ0n) is 23.2. The van der Waals surface area contributed by atoms with E-state index in [2.05, 4.69) is 26.3 Å². The highest BCUT2D eigenvalue weighted by Crippen LogP contribution is 2.18. The lowest BCUT2D eigenvalue weighted by atomic mass is 9.97. The molecule has 1 aromatic heterocycles. The third-order valence-corrected chi connectivity index (χ3v) is 6.09. The van der Waals surface area contributed by atoms with Gasteiger partial charge in [0.2, 0.25) is 17.7 Å². The third kappa shape index (κ3) is 8.69. The van der Waals surface area contributed by atoms with Crippen molar-refractivity contribution in [2.24, 2.45) is 5.41 Å². The lowest BCUT2D eigenvalue weighted by Crippen LogP contribution is -2.55. The van der Waals surface area contributed by atoms with E-state index in [1.807, 2.05) is 20.8 Å². The number of benzene rings is 2. The Kier molecular flexibility index (Phi) is 9.93. The van der Waals surface area contributed by atoms with Crippen LogP contribution in [0.5, 0.6) is 0 Å². The average Bonchev–Trinajstić information content (AvgIpc) is 3.34. The maximum absolute atomic E-state index is 13.9. The van der Waals surface area contributed by atoms with Crippen molar-refractivity contribution in [3.05, 3.63) is 71.4 Å². The number of H-pyrrole nitrogens is 1. The van der Waals surface area contributed by atoms with Crippen LogP contribution in [0.2, 0.25) is 0 Å². The van der Waals surface area contributed by atoms with Crippen molar-refractivity contribution >= 4 is 40.3 Å². The zero-order chi connectivity index (χ0) is 30.3. The van der Waals surface area contributed by atoms with E-state index >= 15 is 0 Å². The minimum atomic E-state index is -1.48. The number of carbonyl (C=O) groups excluding carboxylic acids is 5. The molecule has 0 radical (unpaired) electrons. The molecule has 0 aliphatic heterocycles. The molecule has 2 aromatic carbocycles. The van der Waals surface area contributed by atoms with Gasteiger partial charge in [0.1, 0.15) is 23.7 Å². The van der Waals surface area contributed by atoms with Crippen molar-refractivity contribution in [1.82, 2.24) is 26.3 Å². The minimum absolute atomic E-state index is 0.0368. The van der Waals surface area contributed by atoms with E-state index in [0.29, 0.717) is 23.5 Å². The van der Waals surface area contributed by atoms with Crippen LogP contribution in [-0.4, -0.2) is 53.0 Å². The Hall–Kier alpha value is -4.61. The van der Waals surface area contributed by atoms with Crippen molar-refractivity contribution < 1.29 is 32.8 Å². The van der Waals surface area contributed by atoms with Crippen LogP contribution in [0.4, 0.5) is 8.78 Å². The molecule has 0 bridgehead atoms. The first kappa shape index (κ1) is 30.9. The summed E-state index contributed by atoms with van der Waals surface area (Å²) in [5.41, 5.74) is 0.517. The van der Waals surface area contributed by atoms with Gasteiger partial charge in [-0.1, -0.05) is 45.0 Å². The van der Waals surface area contributed by atoms with Gasteiger partial charge in [-0.25, -0.2) is 8.78 Å². The Morgan fingerprint density at radius 2 is 1.63 bits per heavy atom. The number of hydrogen-bond donors (Lipinski definition) is 5. The third-order valence-electron chi connectivity index (χ3n) is 6.09. The summed E-state index contributed by atoms with van der Waals surface area (Å²) in [6.45, 7) is 7.08. The highest BCUT2D eigenvalue weighted by molar-refractivity contribution is 6.45. The molecule has 0 saturated carbocycles. The van der Waals surface area contributed by atoms with Gasteiger partial charge in [0.25, 0.3) is 11.7 Å². The Balaban J connectivity index is 1.69. The molecule has 0 fully saturated rings. The number of para-hydroxylation sites is 1. The second-order valence-corrected chi connectivity index (χ2v) is 10.8. The maximum Gasteiger partial charge on any atom is 0.293 e. The fraction of sp³-hybridized carbons (Fsp3) is 0.345. The van der Waals surface area contributed by atoms with E-state index in [1.54, 1.807) is 24.3 Å². The van der Waals surface area contributed by atoms with Crippen LogP contribution >= 0.6 is 0 Å². The maximum atomic E-state index is 13.9. The molecule has 0 spiro atoms. The predicted octanol–water partition coefficient (Wildman–Crippen LogP) is 2.49. The number of nitrogens with one attached hydrogen (secondary N) is 5. The fourth-order valence-corrected chi connectivity index (χ4v) is 3.82. The lowest BCUT2D eigenvalue weighted by Gasteiger charge is -2.22. The molecule has 0 aliphatic rings. The van der Waals surface area contributed by atoms with Gasteiger partial charge in [-0.3, -0.25) is 24.0 Å². The number of fused-ring (bicyclic) bond motifs is 1. The second kappa shape index (κ2) is 13.2. The largest absolute Gasteiger partial charge is 0.360 e. The quantitative estimate of drug-likeness (QED) is 0.178. The van der Waals surface area contributed by atoms with Crippen molar-refractivity contribution in [2.45, 2.75) is 52.7 Å². The van der Waals surface area contributed by atoms with Crippen LogP contribution in [0.3, 0.4) is 0 Å². The van der Waals surface area contributed by atoms with Crippen LogP contribution in [0.15, 0.2) is 48.7 Å². The van der Waals surface area contributed by atoms with Gasteiger partial charge in [0.15, 0.2) is 0 Å². The number of amides is 4. The van der Waals surface area contributed by atoms with Gasteiger partial charge in [0.05, 0.1) is 12.0 Å². The number of halogens is 2. The Labute approximate surface area is 235 Å². The SMILES string of the molecule is C[C@H](NC(=O)[C@H](CC(=O)NCC(C)(C)C)NC(=O)C(=O)c1c[nH]c2ccccc12)C(=O)NCc1ccc(F)cc1F. The van der Waals surface area contributed by atoms with E-state index in [1.165, 1.54) is 19.2 Å². The first-order valence-electron chi connectivity index (χ1n) is 12.9. The fourth-order valence-electron chi connectivity index (χ4n) is 3.82. The monoisotopic (exact) mass is 569 g/mol. The molecule has 1 heterocycles. The molecule has 0 saturated heterocycles. The molecule has 41 heavy (non-hydrogen) atoms. The van der Waals surface area contributed by atoms with Crippen molar-refractivity contribution in [3.63, 3.8) is 0 Å². The molecule has 12 heteroatoms. The van der Waals surface area contributed by atoms with Crippen molar-refractivity contribution in [1.29, 1.82) is 0 Å². The van der Waals surface area contributed by atoms with Crippen LogP contribution in [0.1, 0.15) is 50.0 Å². The normalized spacial score (nSPS) is 12.7. The topological polar surface area (TPSA) is 149 Å². The smallest absolute Gasteiger partial charge is 0.293 e. The molecular formula is C29H33F2N5O5. The minimum Gasteiger partial charge on any atom is -0.360 e. The van der Waals surface area contributed by atoms with Gasteiger partial charge in [0, 0.05) is 41.8 Å². The number of aromatic nitrogens is 1. The summed E-state index contributed by atoms with van der Waals surface area (Å²) in [5.74, 6) is -5.76. The molecule has 10 nitrogen and oxygen atoms in total. The number of carbonyl (C=O) groups is 5. The summed E-state index contributed by atoms with van der Waals surface area (Å²) >= 11 is 0. The summed E-state index contributed by atoms with van der Waals surface area (Å²) in [6, 6.07) is 7.13. The Morgan fingerprint density at radius 1 is 0.927 bits per heavy atom. The number of hydrogen-bond acceptors (Lipinski definition) is 5. The summed E-state index contributed by atoms with van der Waals surface area (Å²) in [5, 5.41) is 10.4. The van der Waals surface area contributed by atoms with Crippen LogP contribution in [0.25, 0.3) is 10.9 Å². The number of Topliss-reactive ketones (excluding diaryl/α,β-unsaturated/α-hetero) is 1. The number of rotatable bonds is 11. The van der Waals surface area contributed by atoms with Crippen molar-refractivity contribution in [3.8, 4) is 0 Å². The molecule has 0 aliphatic carbocycles. The van der Waals surface area contributed by atoms with Crippen LogP contribution in [-0.2, 0) is 25.7 Å². The van der Waals surface area contributed by atoms with E-state index in [-0.39, 0.29) is 23.1 Å². The highest BCUT2D eigenvalue weighted by Gasteiger charge is 2.30. The number of aromatic amines is 1. The summed E-state index contributed by atoms with van der Waals surface area (Å²) in [4.78, 5) is 67.0. The molecular weight excluding hydrogens is 536 g/mol.